The second kappa shape index (κ2) is 5.82. The second-order valence-corrected chi connectivity index (χ2v) is 7.42. The molecule has 2 rings (SSSR count). The molecule has 2 bridgehead atoms. The summed E-state index contributed by atoms with van der Waals surface area (Å²) in [6.45, 7) is 8.54. The monoisotopic (exact) mass is 294 g/mol. The number of aliphatic carboxylic acids is 2. The van der Waals surface area contributed by atoms with Crippen molar-refractivity contribution in [3.63, 3.8) is 0 Å². The topological polar surface area (TPSA) is 74.6 Å². The summed E-state index contributed by atoms with van der Waals surface area (Å²) in [4.78, 5) is 23.2. The third-order valence-corrected chi connectivity index (χ3v) is 4.90. The molecule has 118 valence electrons. The highest BCUT2D eigenvalue weighted by Crippen LogP contribution is 2.58. The summed E-state index contributed by atoms with van der Waals surface area (Å²) >= 11 is 0. The maximum atomic E-state index is 11.6. The van der Waals surface area contributed by atoms with Crippen LogP contribution in [-0.2, 0) is 9.59 Å². The van der Waals surface area contributed by atoms with Crippen LogP contribution in [0.1, 0.15) is 47.0 Å². The van der Waals surface area contributed by atoms with E-state index in [0.717, 1.165) is 19.3 Å². The first kappa shape index (κ1) is 16.1. The molecule has 0 radical (unpaired) electrons. The van der Waals surface area contributed by atoms with Gasteiger partial charge in [-0.25, -0.2) is 0 Å². The van der Waals surface area contributed by atoms with Gasteiger partial charge >= 0.3 is 11.9 Å². The van der Waals surface area contributed by atoms with Crippen LogP contribution in [0.5, 0.6) is 0 Å². The Morgan fingerprint density at radius 2 is 1.24 bits per heavy atom. The minimum atomic E-state index is -0.945. The van der Waals surface area contributed by atoms with Crippen molar-refractivity contribution < 1.29 is 19.8 Å². The Bertz CT molecular complexity index is 433. The van der Waals surface area contributed by atoms with E-state index in [4.69, 9.17) is 0 Å². The van der Waals surface area contributed by atoms with Crippen molar-refractivity contribution in [2.24, 2.45) is 35.5 Å². The van der Waals surface area contributed by atoms with Crippen LogP contribution in [0.2, 0.25) is 0 Å². The minimum Gasteiger partial charge on any atom is -0.481 e. The summed E-state index contributed by atoms with van der Waals surface area (Å²) in [5, 5.41) is 19.0. The Kier molecular flexibility index (Phi) is 4.45. The van der Waals surface area contributed by atoms with Crippen LogP contribution in [0.15, 0.2) is 11.1 Å². The fraction of sp³-hybridized carbons (Fsp3) is 0.765. The van der Waals surface area contributed by atoms with Crippen LogP contribution >= 0.6 is 0 Å². The molecule has 0 saturated heterocycles. The molecule has 0 aromatic rings. The van der Waals surface area contributed by atoms with Gasteiger partial charge in [0.25, 0.3) is 0 Å². The van der Waals surface area contributed by atoms with Crippen molar-refractivity contribution in [2.45, 2.75) is 47.0 Å². The highest BCUT2D eigenvalue weighted by molar-refractivity contribution is 5.83. The van der Waals surface area contributed by atoms with E-state index >= 15 is 0 Å². The molecule has 4 heteroatoms. The summed E-state index contributed by atoms with van der Waals surface area (Å²) < 4.78 is 0. The van der Waals surface area contributed by atoms with Crippen LogP contribution in [0.3, 0.4) is 0 Å². The van der Waals surface area contributed by atoms with Crippen LogP contribution in [0, 0.1) is 35.5 Å². The predicted molar refractivity (Wildman–Crippen MR) is 79.8 cm³/mol. The van der Waals surface area contributed by atoms with Gasteiger partial charge < -0.3 is 10.2 Å². The molecule has 2 aliphatic rings. The lowest BCUT2D eigenvalue weighted by Crippen LogP contribution is -2.36. The minimum absolute atomic E-state index is 0.0650. The highest BCUT2D eigenvalue weighted by Gasteiger charge is 2.57. The Balaban J connectivity index is 2.42. The molecule has 1 fully saturated rings. The number of carbonyl (C=O) groups is 2. The molecule has 0 spiro atoms. The average molecular weight is 294 g/mol. The van der Waals surface area contributed by atoms with Crippen molar-refractivity contribution in [1.29, 1.82) is 0 Å². The van der Waals surface area contributed by atoms with E-state index in [1.54, 1.807) is 0 Å². The van der Waals surface area contributed by atoms with Gasteiger partial charge in [-0.15, -0.1) is 0 Å². The van der Waals surface area contributed by atoms with Gasteiger partial charge in [-0.05, 0) is 42.9 Å². The van der Waals surface area contributed by atoms with Gasteiger partial charge in [0.2, 0.25) is 0 Å². The Morgan fingerprint density at radius 1 is 0.905 bits per heavy atom. The van der Waals surface area contributed by atoms with E-state index < -0.39 is 23.8 Å². The van der Waals surface area contributed by atoms with Gasteiger partial charge in [0, 0.05) is 0 Å². The van der Waals surface area contributed by atoms with Crippen molar-refractivity contribution in [3.8, 4) is 0 Å². The van der Waals surface area contributed by atoms with E-state index in [2.05, 4.69) is 27.7 Å². The fourth-order valence-corrected chi connectivity index (χ4v) is 4.36. The standard InChI is InChI=1S/C17H26O4/c1-8(2)5-10-11(6-9(3)4)13-7-12(10)14(16(18)19)15(13)17(20)21/h8-9,12-15H,5-7H2,1-4H3,(H,18,19)(H,20,21). The van der Waals surface area contributed by atoms with Crippen LogP contribution in [-0.4, -0.2) is 22.2 Å². The lowest BCUT2D eigenvalue weighted by Gasteiger charge is -2.31. The maximum absolute atomic E-state index is 11.6. The summed E-state index contributed by atoms with van der Waals surface area (Å²) in [7, 11) is 0. The molecule has 0 aliphatic heterocycles. The molecule has 0 heterocycles. The van der Waals surface area contributed by atoms with Gasteiger partial charge in [-0.3, -0.25) is 9.59 Å². The van der Waals surface area contributed by atoms with Crippen LogP contribution in [0.4, 0.5) is 0 Å². The number of hydrogen-bond acceptors (Lipinski definition) is 2. The summed E-state index contributed by atoms with van der Waals surface area (Å²) in [5.74, 6) is -2.55. The summed E-state index contributed by atoms with van der Waals surface area (Å²) in [5.41, 5.74) is 2.52. The van der Waals surface area contributed by atoms with Crippen molar-refractivity contribution in [1.82, 2.24) is 0 Å². The van der Waals surface area contributed by atoms with E-state index in [1.807, 2.05) is 0 Å². The van der Waals surface area contributed by atoms with Crippen LogP contribution in [0.25, 0.3) is 0 Å². The third-order valence-electron chi connectivity index (χ3n) is 4.90. The molecule has 0 aromatic carbocycles. The summed E-state index contributed by atoms with van der Waals surface area (Å²) in [6.07, 6.45) is 2.52. The average Bonchev–Trinajstić information content (AvgIpc) is 2.85. The van der Waals surface area contributed by atoms with Crippen molar-refractivity contribution in [3.05, 3.63) is 11.1 Å². The normalized spacial score (nSPS) is 31.5. The first-order valence-corrected chi connectivity index (χ1v) is 7.91. The molecule has 2 aliphatic carbocycles. The molecule has 0 amide bonds. The Hall–Kier alpha value is -1.32. The van der Waals surface area contributed by atoms with E-state index in [9.17, 15) is 19.8 Å². The van der Waals surface area contributed by atoms with Crippen LogP contribution < -0.4 is 0 Å². The van der Waals surface area contributed by atoms with E-state index in [1.165, 1.54) is 11.1 Å². The SMILES string of the molecule is CC(C)CC1=C(CC(C)C)C2CC1C(C(=O)O)C2C(=O)O. The zero-order valence-electron chi connectivity index (χ0n) is 13.3. The first-order valence-electron chi connectivity index (χ1n) is 7.91. The molecule has 2 N–H and O–H groups in total. The van der Waals surface area contributed by atoms with Gasteiger partial charge in [-0.2, -0.15) is 0 Å². The molecular weight excluding hydrogens is 268 g/mol. The number of allylic oxidation sites excluding steroid dienone is 2. The largest absolute Gasteiger partial charge is 0.481 e. The fourth-order valence-electron chi connectivity index (χ4n) is 4.36. The number of hydrogen-bond donors (Lipinski definition) is 2. The number of fused-ring (bicyclic) bond motifs is 2. The molecular formula is C17H26O4. The van der Waals surface area contributed by atoms with Crippen molar-refractivity contribution in [2.75, 3.05) is 0 Å². The van der Waals surface area contributed by atoms with Crippen molar-refractivity contribution >= 4 is 11.9 Å². The van der Waals surface area contributed by atoms with Gasteiger partial charge in [0.1, 0.15) is 0 Å². The maximum Gasteiger partial charge on any atom is 0.308 e. The molecule has 4 nitrogen and oxygen atoms in total. The van der Waals surface area contributed by atoms with Gasteiger partial charge in [-0.1, -0.05) is 38.8 Å². The smallest absolute Gasteiger partial charge is 0.308 e. The highest BCUT2D eigenvalue weighted by atomic mass is 16.4. The number of rotatable bonds is 6. The molecule has 1 saturated carbocycles. The van der Waals surface area contributed by atoms with Gasteiger partial charge in [0.15, 0.2) is 0 Å². The second-order valence-electron chi connectivity index (χ2n) is 7.42. The third kappa shape index (κ3) is 2.85. The van der Waals surface area contributed by atoms with E-state index in [-0.39, 0.29) is 11.8 Å². The molecule has 4 unspecified atom stereocenters. The number of carboxylic acids is 2. The zero-order chi connectivity index (χ0) is 15.9. The quantitative estimate of drug-likeness (QED) is 0.736. The molecule has 0 aromatic heterocycles. The lowest BCUT2D eigenvalue weighted by molar-refractivity contribution is -0.154. The van der Waals surface area contributed by atoms with E-state index in [0.29, 0.717) is 11.8 Å². The lowest BCUT2D eigenvalue weighted by atomic mass is 9.72. The number of carboxylic acid groups (broad SMARTS) is 2. The Morgan fingerprint density at radius 3 is 1.48 bits per heavy atom. The molecule has 4 atom stereocenters. The zero-order valence-corrected chi connectivity index (χ0v) is 13.3. The van der Waals surface area contributed by atoms with Gasteiger partial charge in [0.05, 0.1) is 11.8 Å². The summed E-state index contributed by atoms with van der Waals surface area (Å²) in [6, 6.07) is 0. The molecule has 21 heavy (non-hydrogen) atoms. The predicted octanol–water partition coefficient (Wildman–Crippen LogP) is 3.43. The Labute approximate surface area is 126 Å². The first-order chi connectivity index (χ1) is 9.73.